The van der Waals surface area contributed by atoms with Crippen LogP contribution in [0.5, 0.6) is 0 Å². The van der Waals surface area contributed by atoms with Crippen LogP contribution in [0.25, 0.3) is 0 Å². The Bertz CT molecular complexity index is 652. The SMILES string of the molecule is Cc1cccc(C)c1C(N)C[N](CC(N)c1c(C)cccc1C)[Pd]([Cl])[Cl]. The molecule has 4 N–H and O–H groups in total. The molecule has 0 heterocycles. The van der Waals surface area contributed by atoms with Crippen molar-refractivity contribution in [2.75, 3.05) is 13.1 Å². The summed E-state index contributed by atoms with van der Waals surface area (Å²) in [5.41, 5.74) is 20.1. The molecule has 0 aromatic heterocycles. The zero-order valence-corrected chi connectivity index (χ0v) is 18.8. The summed E-state index contributed by atoms with van der Waals surface area (Å²) >= 11 is -1.86. The van der Waals surface area contributed by atoms with Crippen molar-refractivity contribution in [2.24, 2.45) is 11.5 Å². The summed E-state index contributed by atoms with van der Waals surface area (Å²) in [6.45, 7) is 9.54. The Labute approximate surface area is 171 Å². The van der Waals surface area contributed by atoms with Crippen LogP contribution in [0.1, 0.15) is 45.5 Å². The van der Waals surface area contributed by atoms with Crippen LogP contribution in [0.3, 0.4) is 0 Å². The van der Waals surface area contributed by atoms with Crippen LogP contribution in [-0.4, -0.2) is 16.6 Å². The standard InChI is InChI=1S/C20H28N3.2ClH.Pd/c1-13-7-5-8-14(2)19(13)17(21)11-23-12-18(22)20-15(3)9-6-10-16(20)4;;;/h5-10,17-18H,11-12,21-22H2,1-4H3;2*1H;/q-1;;;+3/p-2. The molecule has 6 heteroatoms. The van der Waals surface area contributed by atoms with Gasteiger partial charge in [0, 0.05) is 0 Å². The van der Waals surface area contributed by atoms with Crippen LogP contribution in [0.4, 0.5) is 0 Å². The van der Waals surface area contributed by atoms with Gasteiger partial charge < -0.3 is 0 Å². The second-order valence-corrected chi connectivity index (χ2v) is 11.9. The van der Waals surface area contributed by atoms with Gasteiger partial charge in [-0.25, -0.2) is 0 Å². The molecule has 0 fully saturated rings. The monoisotopic (exact) mass is 486 g/mol. The molecule has 0 aliphatic rings. The molecule has 2 atom stereocenters. The third kappa shape index (κ3) is 5.30. The number of aryl methyl sites for hydroxylation is 4. The Balaban J connectivity index is 2.19. The van der Waals surface area contributed by atoms with Gasteiger partial charge in [-0.15, -0.1) is 0 Å². The minimum atomic E-state index is -1.86. The summed E-state index contributed by atoms with van der Waals surface area (Å²) in [4.78, 5) is 0. The molecule has 0 amide bonds. The van der Waals surface area contributed by atoms with Crippen LogP contribution in [-0.2, 0) is 15.0 Å². The van der Waals surface area contributed by atoms with Crippen molar-refractivity contribution < 1.29 is 15.0 Å². The molecule has 3 nitrogen and oxygen atoms in total. The van der Waals surface area contributed by atoms with Gasteiger partial charge in [-0.05, 0) is 0 Å². The first-order valence-corrected chi connectivity index (χ1v) is 13.3. The molecule has 2 aromatic carbocycles. The van der Waals surface area contributed by atoms with Gasteiger partial charge in [-0.3, -0.25) is 0 Å². The predicted molar refractivity (Wildman–Crippen MR) is 109 cm³/mol. The van der Waals surface area contributed by atoms with Crippen LogP contribution in [0, 0.1) is 27.7 Å². The van der Waals surface area contributed by atoms with Crippen molar-refractivity contribution >= 4 is 19.1 Å². The first-order valence-electron chi connectivity index (χ1n) is 8.56. The van der Waals surface area contributed by atoms with E-state index in [1.807, 2.05) is 0 Å². The number of rotatable bonds is 7. The van der Waals surface area contributed by atoms with E-state index < -0.39 is 15.0 Å². The normalized spacial score (nSPS) is 14.4. The van der Waals surface area contributed by atoms with Crippen molar-refractivity contribution in [2.45, 2.75) is 39.8 Å². The van der Waals surface area contributed by atoms with Gasteiger partial charge in [0.2, 0.25) is 0 Å². The molecule has 0 aliphatic carbocycles. The van der Waals surface area contributed by atoms with Gasteiger partial charge in [0.25, 0.3) is 0 Å². The number of nitrogens with zero attached hydrogens (tertiary/aromatic N) is 1. The summed E-state index contributed by atoms with van der Waals surface area (Å²) in [5, 5.41) is 0. The number of nitrogens with two attached hydrogens (primary N) is 2. The fraction of sp³-hybridized carbons (Fsp3) is 0.400. The molecular weight excluding hydrogens is 460 g/mol. The Morgan fingerprint density at radius 2 is 1.08 bits per heavy atom. The molecule has 0 saturated heterocycles. The van der Waals surface area contributed by atoms with E-state index >= 15 is 0 Å². The molecule has 2 unspecified atom stereocenters. The predicted octanol–water partition coefficient (Wildman–Crippen LogP) is 4.76. The number of halogens is 2. The van der Waals surface area contributed by atoms with E-state index in [-0.39, 0.29) is 12.1 Å². The van der Waals surface area contributed by atoms with E-state index in [0.717, 1.165) is 11.1 Å². The second kappa shape index (κ2) is 9.66. The van der Waals surface area contributed by atoms with E-state index in [9.17, 15) is 0 Å². The Morgan fingerprint density at radius 1 is 0.769 bits per heavy atom. The average Bonchev–Trinajstić information content (AvgIpc) is 2.53. The van der Waals surface area contributed by atoms with Gasteiger partial charge in [0.1, 0.15) is 0 Å². The van der Waals surface area contributed by atoms with E-state index in [4.69, 9.17) is 30.5 Å². The van der Waals surface area contributed by atoms with Crippen molar-refractivity contribution in [3.8, 4) is 0 Å². The zero-order chi connectivity index (χ0) is 19.4. The van der Waals surface area contributed by atoms with E-state index in [1.54, 1.807) is 0 Å². The average molecular weight is 488 g/mol. The Hall–Kier alpha value is -0.438. The molecule has 0 radical (unpaired) electrons. The fourth-order valence-electron chi connectivity index (χ4n) is 3.57. The third-order valence-corrected chi connectivity index (χ3v) is 7.84. The van der Waals surface area contributed by atoms with Gasteiger partial charge in [0.05, 0.1) is 0 Å². The molecule has 0 saturated carbocycles. The molecule has 2 aromatic rings. The van der Waals surface area contributed by atoms with Crippen molar-refractivity contribution in [1.29, 1.82) is 0 Å². The number of benzene rings is 2. The molecule has 26 heavy (non-hydrogen) atoms. The van der Waals surface area contributed by atoms with Crippen molar-refractivity contribution in [1.82, 2.24) is 3.53 Å². The quantitative estimate of drug-likeness (QED) is 0.554. The van der Waals surface area contributed by atoms with Gasteiger partial charge >= 0.3 is 172 Å². The van der Waals surface area contributed by atoms with Crippen LogP contribution < -0.4 is 11.5 Å². The van der Waals surface area contributed by atoms with Crippen molar-refractivity contribution in [3.63, 3.8) is 0 Å². The van der Waals surface area contributed by atoms with Gasteiger partial charge in [0.15, 0.2) is 0 Å². The van der Waals surface area contributed by atoms with E-state index in [1.165, 1.54) is 22.3 Å². The zero-order valence-electron chi connectivity index (χ0n) is 15.7. The van der Waals surface area contributed by atoms with Gasteiger partial charge in [-0.1, -0.05) is 0 Å². The maximum absolute atomic E-state index is 6.53. The maximum atomic E-state index is 6.53. The van der Waals surface area contributed by atoms with E-state index in [2.05, 4.69) is 67.6 Å². The second-order valence-electron chi connectivity index (χ2n) is 6.76. The molecule has 0 spiro atoms. The molecule has 2 rings (SSSR count). The molecule has 0 aliphatic heterocycles. The summed E-state index contributed by atoms with van der Waals surface area (Å²) in [6.07, 6.45) is 0. The van der Waals surface area contributed by atoms with Gasteiger partial charge in [-0.2, -0.15) is 0 Å². The first-order chi connectivity index (χ1) is 12.2. The van der Waals surface area contributed by atoms with Crippen molar-refractivity contribution in [3.05, 3.63) is 69.8 Å². The fourth-order valence-corrected chi connectivity index (χ4v) is 5.64. The van der Waals surface area contributed by atoms with Crippen LogP contribution in [0.2, 0.25) is 0 Å². The molecule has 0 bridgehead atoms. The summed E-state index contributed by atoms with van der Waals surface area (Å²) < 4.78 is 2.06. The summed E-state index contributed by atoms with van der Waals surface area (Å²) in [6, 6.07) is 12.1. The third-order valence-electron chi connectivity index (χ3n) is 4.74. The first kappa shape index (κ1) is 21.9. The Morgan fingerprint density at radius 3 is 1.35 bits per heavy atom. The Kier molecular flexibility index (Phi) is 8.13. The topological polar surface area (TPSA) is 55.3 Å². The van der Waals surface area contributed by atoms with Crippen LogP contribution >= 0.6 is 19.1 Å². The summed E-state index contributed by atoms with van der Waals surface area (Å²) in [7, 11) is 12.7. The van der Waals surface area contributed by atoms with Crippen LogP contribution in [0.15, 0.2) is 36.4 Å². The number of hydrogen-bond acceptors (Lipinski definition) is 3. The molecule has 147 valence electrons. The number of hydrogen-bond donors (Lipinski definition) is 2. The summed E-state index contributed by atoms with van der Waals surface area (Å²) in [5.74, 6) is 0. The minimum absolute atomic E-state index is 0.150. The van der Waals surface area contributed by atoms with E-state index in [0.29, 0.717) is 13.1 Å². The molecular formula is C20H28Cl2N3Pd.